The van der Waals surface area contributed by atoms with Crippen molar-refractivity contribution in [3.63, 3.8) is 0 Å². The number of aryl methyl sites for hydroxylation is 2. The summed E-state index contributed by atoms with van der Waals surface area (Å²) in [6, 6.07) is 7.52. The number of aromatic hydroxyl groups is 2. The average molecular weight is 488 g/mol. The van der Waals surface area contributed by atoms with Crippen LogP contribution in [0.25, 0.3) is 11.1 Å². The number of phenols is 2. The van der Waals surface area contributed by atoms with Crippen molar-refractivity contribution < 1.29 is 23.4 Å². The second-order valence-corrected chi connectivity index (χ2v) is 12.7. The molecule has 0 spiro atoms. The molecule has 0 bridgehead atoms. The first-order valence-corrected chi connectivity index (χ1v) is 13.9. The first kappa shape index (κ1) is 26.1. The molecule has 34 heavy (non-hydrogen) atoms. The van der Waals surface area contributed by atoms with Gasteiger partial charge in [0.2, 0.25) is 0 Å². The molecule has 0 radical (unpaired) electrons. The molecule has 1 aliphatic rings. The predicted octanol–water partition coefficient (Wildman–Crippen LogP) is 4.97. The standard InChI is InChI=1S/C27H37NO5S/c1-6-7-8-9-19-17-22(29)24(20-16-18(2)10-11-21(20)27(3,4)5)25(30)23(19)26(31)28-12-14-34(32,33)15-13-28/h10-11,16-17,29-30H,6-9,12-15H2,1-5H3. The average Bonchev–Trinajstić information content (AvgIpc) is 2.72. The first-order chi connectivity index (χ1) is 15.9. The van der Waals surface area contributed by atoms with Crippen molar-refractivity contribution in [2.45, 2.75) is 65.7 Å². The number of phenolic OH excluding ortho intramolecular Hbond substituents is 2. The van der Waals surface area contributed by atoms with Crippen LogP contribution in [0.3, 0.4) is 0 Å². The molecule has 0 atom stereocenters. The van der Waals surface area contributed by atoms with Gasteiger partial charge in [0.05, 0.1) is 22.6 Å². The largest absolute Gasteiger partial charge is 0.507 e. The third-order valence-electron chi connectivity index (χ3n) is 6.51. The smallest absolute Gasteiger partial charge is 0.257 e. The highest BCUT2D eigenvalue weighted by Gasteiger charge is 2.32. The van der Waals surface area contributed by atoms with Crippen LogP contribution >= 0.6 is 0 Å². The van der Waals surface area contributed by atoms with Crippen molar-refractivity contribution in [3.05, 3.63) is 46.5 Å². The van der Waals surface area contributed by atoms with Gasteiger partial charge in [-0.15, -0.1) is 0 Å². The first-order valence-electron chi connectivity index (χ1n) is 12.0. The summed E-state index contributed by atoms with van der Waals surface area (Å²) in [5, 5.41) is 22.6. The third-order valence-corrected chi connectivity index (χ3v) is 8.12. The van der Waals surface area contributed by atoms with Crippen LogP contribution in [0.15, 0.2) is 24.3 Å². The second-order valence-electron chi connectivity index (χ2n) is 10.4. The lowest BCUT2D eigenvalue weighted by Gasteiger charge is -2.29. The van der Waals surface area contributed by atoms with Crippen LogP contribution in [0.2, 0.25) is 0 Å². The maximum atomic E-state index is 13.6. The number of rotatable bonds is 6. The maximum Gasteiger partial charge on any atom is 0.257 e. The van der Waals surface area contributed by atoms with Crippen LogP contribution in [0.1, 0.15) is 74.0 Å². The van der Waals surface area contributed by atoms with E-state index in [2.05, 4.69) is 27.7 Å². The number of unbranched alkanes of at least 4 members (excludes halogenated alkanes) is 2. The Bertz CT molecular complexity index is 1160. The van der Waals surface area contributed by atoms with Gasteiger partial charge >= 0.3 is 0 Å². The monoisotopic (exact) mass is 487 g/mol. The summed E-state index contributed by atoms with van der Waals surface area (Å²) in [5.41, 5.74) is 3.37. The Balaban J connectivity index is 2.19. The Morgan fingerprint density at radius 2 is 1.71 bits per heavy atom. The highest BCUT2D eigenvalue weighted by Crippen LogP contribution is 2.46. The SMILES string of the molecule is CCCCCc1cc(O)c(-c2cc(C)ccc2C(C)(C)C)c(O)c1C(=O)N1CCS(=O)(=O)CC1. The zero-order valence-corrected chi connectivity index (χ0v) is 21.8. The fourth-order valence-corrected chi connectivity index (χ4v) is 5.77. The lowest BCUT2D eigenvalue weighted by molar-refractivity contribution is 0.0766. The molecule has 0 saturated carbocycles. The molecule has 1 fully saturated rings. The Kier molecular flexibility index (Phi) is 7.65. The highest BCUT2D eigenvalue weighted by molar-refractivity contribution is 7.91. The van der Waals surface area contributed by atoms with Crippen LogP contribution in [0.5, 0.6) is 11.5 Å². The zero-order valence-electron chi connectivity index (χ0n) is 20.9. The van der Waals surface area contributed by atoms with Gasteiger partial charge in [-0.1, -0.05) is 64.3 Å². The summed E-state index contributed by atoms with van der Waals surface area (Å²) < 4.78 is 23.8. The molecule has 0 aliphatic carbocycles. The van der Waals surface area contributed by atoms with Gasteiger partial charge < -0.3 is 15.1 Å². The van der Waals surface area contributed by atoms with Gasteiger partial charge in [-0.05, 0) is 47.9 Å². The summed E-state index contributed by atoms with van der Waals surface area (Å²) >= 11 is 0. The second kappa shape index (κ2) is 9.98. The van der Waals surface area contributed by atoms with E-state index in [-0.39, 0.29) is 58.5 Å². The molecule has 1 heterocycles. The normalized spacial score (nSPS) is 16.0. The molecular weight excluding hydrogens is 450 g/mol. The number of nitrogens with zero attached hydrogens (tertiary/aromatic N) is 1. The van der Waals surface area contributed by atoms with E-state index in [1.807, 2.05) is 25.1 Å². The molecule has 2 aromatic rings. The molecule has 2 N–H and O–H groups in total. The van der Waals surface area contributed by atoms with Gasteiger partial charge in [0.25, 0.3) is 5.91 Å². The van der Waals surface area contributed by atoms with E-state index in [0.717, 1.165) is 30.4 Å². The molecule has 3 rings (SSSR count). The van der Waals surface area contributed by atoms with Crippen molar-refractivity contribution in [1.82, 2.24) is 4.90 Å². The van der Waals surface area contributed by atoms with Crippen molar-refractivity contribution in [3.8, 4) is 22.6 Å². The molecule has 2 aromatic carbocycles. The van der Waals surface area contributed by atoms with Gasteiger partial charge in [-0.3, -0.25) is 4.79 Å². The fraction of sp³-hybridized carbons (Fsp3) is 0.519. The van der Waals surface area contributed by atoms with Gasteiger partial charge in [-0.2, -0.15) is 0 Å². The van der Waals surface area contributed by atoms with E-state index < -0.39 is 9.84 Å². The number of benzene rings is 2. The number of amides is 1. The number of carbonyl (C=O) groups is 1. The molecule has 0 aromatic heterocycles. The Morgan fingerprint density at radius 1 is 1.06 bits per heavy atom. The quantitative estimate of drug-likeness (QED) is 0.561. The third kappa shape index (κ3) is 5.57. The minimum absolute atomic E-state index is 0.0575. The van der Waals surface area contributed by atoms with Crippen molar-refractivity contribution in [1.29, 1.82) is 0 Å². The van der Waals surface area contributed by atoms with E-state index in [0.29, 0.717) is 17.5 Å². The maximum absolute atomic E-state index is 13.6. The lowest BCUT2D eigenvalue weighted by Crippen LogP contribution is -2.44. The number of carbonyl (C=O) groups excluding carboxylic acids is 1. The van der Waals surface area contributed by atoms with Crippen LogP contribution in [-0.4, -0.2) is 54.0 Å². The van der Waals surface area contributed by atoms with Gasteiger partial charge in [0, 0.05) is 13.1 Å². The molecule has 6 nitrogen and oxygen atoms in total. The Hall–Kier alpha value is -2.54. The van der Waals surface area contributed by atoms with Crippen LogP contribution < -0.4 is 0 Å². The van der Waals surface area contributed by atoms with Crippen molar-refractivity contribution in [2.24, 2.45) is 0 Å². The molecule has 186 valence electrons. The topological polar surface area (TPSA) is 94.9 Å². The number of sulfone groups is 1. The van der Waals surface area contributed by atoms with Gasteiger partial charge in [0.1, 0.15) is 11.5 Å². The van der Waals surface area contributed by atoms with Crippen LogP contribution in [0, 0.1) is 6.92 Å². The summed E-state index contributed by atoms with van der Waals surface area (Å²) in [7, 11) is -3.15. The van der Waals surface area contributed by atoms with Crippen molar-refractivity contribution in [2.75, 3.05) is 24.6 Å². The number of hydrogen-bond donors (Lipinski definition) is 2. The summed E-state index contributed by atoms with van der Waals surface area (Å²) in [6.07, 6.45) is 3.33. The molecule has 1 aliphatic heterocycles. The Morgan fingerprint density at radius 3 is 2.29 bits per heavy atom. The highest BCUT2D eigenvalue weighted by atomic mass is 32.2. The minimum Gasteiger partial charge on any atom is -0.507 e. The summed E-state index contributed by atoms with van der Waals surface area (Å²) in [5.74, 6) is -0.840. The fourth-order valence-electron chi connectivity index (χ4n) is 4.57. The molecular formula is C27H37NO5S. The lowest BCUT2D eigenvalue weighted by atomic mass is 9.80. The van der Waals surface area contributed by atoms with E-state index in [1.165, 1.54) is 4.90 Å². The zero-order chi connectivity index (χ0) is 25.3. The van der Waals surface area contributed by atoms with E-state index >= 15 is 0 Å². The predicted molar refractivity (Wildman–Crippen MR) is 136 cm³/mol. The number of hydrogen-bond acceptors (Lipinski definition) is 5. The van der Waals surface area contributed by atoms with E-state index in [1.54, 1.807) is 6.07 Å². The van der Waals surface area contributed by atoms with Crippen LogP contribution in [0.4, 0.5) is 0 Å². The van der Waals surface area contributed by atoms with Crippen molar-refractivity contribution >= 4 is 15.7 Å². The van der Waals surface area contributed by atoms with E-state index in [4.69, 9.17) is 0 Å². The molecule has 1 amide bonds. The van der Waals surface area contributed by atoms with Gasteiger partial charge in [0.15, 0.2) is 9.84 Å². The Labute approximate surface area is 203 Å². The summed E-state index contributed by atoms with van der Waals surface area (Å²) in [6.45, 7) is 10.4. The molecule has 7 heteroatoms. The summed E-state index contributed by atoms with van der Waals surface area (Å²) in [4.78, 5) is 15.1. The van der Waals surface area contributed by atoms with Crippen LogP contribution in [-0.2, 0) is 21.7 Å². The van der Waals surface area contributed by atoms with E-state index in [9.17, 15) is 23.4 Å². The molecule has 1 saturated heterocycles. The minimum atomic E-state index is -3.15. The van der Waals surface area contributed by atoms with Gasteiger partial charge in [-0.25, -0.2) is 8.42 Å². The molecule has 0 unspecified atom stereocenters.